The molecular weight excluding hydrogens is 516 g/mol. The molecule has 1 aromatic heterocycles. The van der Waals surface area contributed by atoms with E-state index in [4.69, 9.17) is 16.5 Å². The highest BCUT2D eigenvalue weighted by atomic mass is 15.5. The van der Waals surface area contributed by atoms with E-state index in [1.54, 1.807) is 12.4 Å². The summed E-state index contributed by atoms with van der Waals surface area (Å²) in [6, 6.07) is 37.3. The third-order valence-corrected chi connectivity index (χ3v) is 9.86. The SMILES string of the molecule is C=C1c2ccccc2N2c3nccnc3N(C)C2C2(C)C1c1ccccc1N1c3ccccc3N(c3ccccc3)C12. The van der Waals surface area contributed by atoms with Gasteiger partial charge in [0, 0.05) is 42.3 Å². The van der Waals surface area contributed by atoms with Crippen LogP contribution in [-0.4, -0.2) is 29.3 Å². The first-order valence-corrected chi connectivity index (χ1v) is 14.5. The third-order valence-electron chi connectivity index (χ3n) is 9.86. The van der Waals surface area contributed by atoms with Gasteiger partial charge in [0.25, 0.3) is 0 Å². The van der Waals surface area contributed by atoms with Crippen molar-refractivity contribution < 1.29 is 0 Å². The number of fused-ring (bicyclic) bond motifs is 14. The minimum Gasteiger partial charge on any atom is -0.335 e. The zero-order valence-corrected chi connectivity index (χ0v) is 23.6. The lowest BCUT2D eigenvalue weighted by Gasteiger charge is -2.57. The number of rotatable bonds is 1. The van der Waals surface area contributed by atoms with E-state index in [2.05, 4.69) is 137 Å². The monoisotopic (exact) mass is 546 g/mol. The van der Waals surface area contributed by atoms with Gasteiger partial charge in [-0.25, -0.2) is 9.97 Å². The average Bonchev–Trinajstić information content (AvgIpc) is 3.52. The highest BCUT2D eigenvalue weighted by Crippen LogP contribution is 2.68. The Balaban J connectivity index is 1.42. The number of allylic oxidation sites excluding steroid dienone is 1. The maximum absolute atomic E-state index is 4.94. The lowest BCUT2D eigenvalue weighted by Crippen LogP contribution is -2.66. The second kappa shape index (κ2) is 8.23. The van der Waals surface area contributed by atoms with Gasteiger partial charge >= 0.3 is 0 Å². The molecule has 0 fully saturated rings. The van der Waals surface area contributed by atoms with Gasteiger partial charge in [-0.2, -0.15) is 0 Å². The number of aromatic nitrogens is 2. The van der Waals surface area contributed by atoms with Gasteiger partial charge in [0.2, 0.25) is 0 Å². The summed E-state index contributed by atoms with van der Waals surface area (Å²) < 4.78 is 0. The zero-order chi connectivity index (χ0) is 28.2. The smallest absolute Gasteiger partial charge is 0.178 e. The fourth-order valence-electron chi connectivity index (χ4n) is 8.42. The predicted molar refractivity (Wildman–Crippen MR) is 170 cm³/mol. The first-order chi connectivity index (χ1) is 20.6. The molecule has 0 aliphatic carbocycles. The van der Waals surface area contributed by atoms with E-state index in [-0.39, 0.29) is 18.2 Å². The maximum Gasteiger partial charge on any atom is 0.178 e. The van der Waals surface area contributed by atoms with Crippen LogP contribution in [-0.2, 0) is 0 Å². The van der Waals surface area contributed by atoms with Crippen LogP contribution in [0.25, 0.3) is 5.57 Å². The van der Waals surface area contributed by atoms with Gasteiger partial charge in [-0.1, -0.05) is 80.2 Å². The van der Waals surface area contributed by atoms with Crippen molar-refractivity contribution in [3.63, 3.8) is 0 Å². The molecule has 4 unspecified atom stereocenters. The van der Waals surface area contributed by atoms with Crippen molar-refractivity contribution in [1.82, 2.24) is 9.97 Å². The Kier molecular flexibility index (Phi) is 4.62. The minimum atomic E-state index is -0.420. The summed E-state index contributed by atoms with van der Waals surface area (Å²) >= 11 is 0. The second-order valence-electron chi connectivity index (χ2n) is 11.9. The molecule has 0 saturated carbocycles. The summed E-state index contributed by atoms with van der Waals surface area (Å²) in [5.41, 5.74) is 9.13. The van der Waals surface area contributed by atoms with Gasteiger partial charge in [-0.15, -0.1) is 0 Å². The molecule has 9 rings (SSSR count). The van der Waals surface area contributed by atoms with Crippen LogP contribution in [0.3, 0.4) is 0 Å². The highest BCUT2D eigenvalue weighted by Gasteiger charge is 2.65. The van der Waals surface area contributed by atoms with Crippen LogP contribution in [0.5, 0.6) is 0 Å². The molecule has 0 N–H and O–H groups in total. The first kappa shape index (κ1) is 23.6. The summed E-state index contributed by atoms with van der Waals surface area (Å²) in [6.45, 7) is 7.36. The van der Waals surface area contributed by atoms with Crippen molar-refractivity contribution in [3.8, 4) is 0 Å². The lowest BCUT2D eigenvalue weighted by atomic mass is 9.62. The molecular formula is C36H30N6. The van der Waals surface area contributed by atoms with Crippen LogP contribution in [0, 0.1) is 5.41 Å². The molecule has 0 bridgehead atoms. The summed E-state index contributed by atoms with van der Waals surface area (Å²) in [5.74, 6) is 1.81. The molecule has 5 aromatic rings. The lowest BCUT2D eigenvalue weighted by molar-refractivity contribution is 0.178. The van der Waals surface area contributed by atoms with Gasteiger partial charge in [0.1, 0.15) is 12.3 Å². The molecule has 6 nitrogen and oxygen atoms in total. The summed E-state index contributed by atoms with van der Waals surface area (Å²) in [5, 5.41) is 0. The van der Waals surface area contributed by atoms with E-state index in [1.165, 1.54) is 28.3 Å². The number of hydrogen-bond acceptors (Lipinski definition) is 6. The van der Waals surface area contributed by atoms with Crippen molar-refractivity contribution >= 4 is 45.6 Å². The van der Waals surface area contributed by atoms with Crippen molar-refractivity contribution in [1.29, 1.82) is 0 Å². The number of anilines is 7. The normalized spacial score (nSPS) is 24.6. The number of hydrogen-bond donors (Lipinski definition) is 0. The molecule has 4 aromatic carbocycles. The zero-order valence-electron chi connectivity index (χ0n) is 23.6. The largest absolute Gasteiger partial charge is 0.335 e. The Morgan fingerprint density at radius 2 is 1.21 bits per heavy atom. The molecule has 4 aliphatic heterocycles. The van der Waals surface area contributed by atoms with Crippen molar-refractivity contribution in [3.05, 3.63) is 133 Å². The van der Waals surface area contributed by atoms with Crippen molar-refractivity contribution in [2.75, 3.05) is 26.6 Å². The molecule has 6 heteroatoms. The Labute approximate surface area is 245 Å². The van der Waals surface area contributed by atoms with E-state index < -0.39 is 5.41 Å². The molecule has 5 heterocycles. The van der Waals surface area contributed by atoms with Crippen molar-refractivity contribution in [2.45, 2.75) is 25.2 Å². The van der Waals surface area contributed by atoms with Gasteiger partial charge in [-0.3, -0.25) is 0 Å². The van der Waals surface area contributed by atoms with E-state index in [0.29, 0.717) is 0 Å². The van der Waals surface area contributed by atoms with E-state index in [9.17, 15) is 0 Å². The first-order valence-electron chi connectivity index (χ1n) is 14.5. The fraction of sp³-hybridized carbons (Fsp3) is 0.167. The standard InChI is InChI=1S/C36H30N6/c1-23-25-15-7-9-17-27(25)42-33-32(37-21-22-38-33)39(3)34(42)36(2)31(23)26-16-8-10-18-28(26)41-30-20-12-11-19-29(30)40(35(36)41)24-13-5-4-6-14-24/h4-22,31,34-35H,1H2,2-3H3. The van der Waals surface area contributed by atoms with Gasteiger partial charge in [0.05, 0.1) is 22.5 Å². The molecule has 0 amide bonds. The van der Waals surface area contributed by atoms with E-state index >= 15 is 0 Å². The third kappa shape index (κ3) is 2.74. The van der Waals surface area contributed by atoms with Gasteiger partial charge < -0.3 is 19.6 Å². The summed E-state index contributed by atoms with van der Waals surface area (Å²) in [6.07, 6.45) is 3.45. The number of para-hydroxylation sites is 5. The van der Waals surface area contributed by atoms with Gasteiger partial charge in [-0.05, 0) is 47.5 Å². The molecule has 4 aliphatic rings. The van der Waals surface area contributed by atoms with Crippen LogP contribution < -0.4 is 19.6 Å². The van der Waals surface area contributed by atoms with Crippen LogP contribution in [0.4, 0.5) is 40.1 Å². The summed E-state index contributed by atoms with van der Waals surface area (Å²) in [4.78, 5) is 19.7. The molecule has 0 saturated heterocycles. The maximum atomic E-state index is 4.94. The Morgan fingerprint density at radius 3 is 1.98 bits per heavy atom. The second-order valence-corrected chi connectivity index (χ2v) is 11.9. The molecule has 204 valence electrons. The van der Waals surface area contributed by atoms with Crippen LogP contribution in [0.15, 0.2) is 122 Å². The Morgan fingerprint density at radius 1 is 0.619 bits per heavy atom. The number of benzene rings is 4. The topological polar surface area (TPSA) is 38.7 Å². The highest BCUT2D eigenvalue weighted by molar-refractivity contribution is 5.96. The number of nitrogens with zero attached hydrogens (tertiary/aromatic N) is 6. The van der Waals surface area contributed by atoms with Crippen molar-refractivity contribution in [2.24, 2.45) is 5.41 Å². The quantitative estimate of drug-likeness (QED) is 0.213. The molecule has 0 radical (unpaired) electrons. The van der Waals surface area contributed by atoms with Gasteiger partial charge in [0.15, 0.2) is 11.6 Å². The summed E-state index contributed by atoms with van der Waals surface area (Å²) in [7, 11) is 2.18. The Hall–Kier alpha value is -5.10. The minimum absolute atomic E-state index is 0.0170. The Bertz CT molecular complexity index is 1900. The molecule has 42 heavy (non-hydrogen) atoms. The molecule has 0 spiro atoms. The van der Waals surface area contributed by atoms with Crippen LogP contribution in [0.1, 0.15) is 24.0 Å². The fourth-order valence-corrected chi connectivity index (χ4v) is 8.42. The van der Waals surface area contributed by atoms with E-state index in [1.807, 2.05) is 0 Å². The van der Waals surface area contributed by atoms with E-state index in [0.717, 1.165) is 28.5 Å². The molecule has 4 atom stereocenters. The van der Waals surface area contributed by atoms with Crippen LogP contribution >= 0.6 is 0 Å². The van der Waals surface area contributed by atoms with Crippen LogP contribution in [0.2, 0.25) is 0 Å². The predicted octanol–water partition coefficient (Wildman–Crippen LogP) is 7.84. The average molecular weight is 547 g/mol.